The molecule has 0 aliphatic rings. The van der Waals surface area contributed by atoms with Crippen LogP contribution in [0.5, 0.6) is 5.75 Å². The van der Waals surface area contributed by atoms with Crippen LogP contribution in [0.2, 0.25) is 0 Å². The number of fused-ring (bicyclic) bond motifs is 1. The Morgan fingerprint density at radius 3 is 2.39 bits per heavy atom. The minimum atomic E-state index is 0.0846. The molecule has 0 unspecified atom stereocenters. The lowest BCUT2D eigenvalue weighted by molar-refractivity contribution is -0.681. The van der Waals surface area contributed by atoms with Crippen molar-refractivity contribution in [1.82, 2.24) is 0 Å². The number of carbonyl (C=O) groups excluding carboxylic acids is 1. The number of ether oxygens (including phenoxy) is 1. The Labute approximate surface area is 136 Å². The summed E-state index contributed by atoms with van der Waals surface area (Å²) in [6, 6.07) is 17.5. The zero-order valence-corrected chi connectivity index (χ0v) is 13.4. The van der Waals surface area contributed by atoms with Crippen LogP contribution in [0.25, 0.3) is 10.8 Å². The molecule has 0 radical (unpaired) electrons. The van der Waals surface area contributed by atoms with Gasteiger partial charge in [0.25, 0.3) is 0 Å². The smallest absolute Gasteiger partial charge is 0.227 e. The third-order valence-corrected chi connectivity index (χ3v) is 3.62. The molecule has 3 aromatic rings. The molecule has 0 atom stereocenters. The third-order valence-electron chi connectivity index (χ3n) is 3.62. The SMILES string of the molecule is CC(C)Oc1ccc(C(=O)C[n+]2ccc3ccccc3c2)cc1. The highest BCUT2D eigenvalue weighted by Crippen LogP contribution is 2.14. The fraction of sp³-hybridized carbons (Fsp3) is 0.200. The average molecular weight is 306 g/mol. The summed E-state index contributed by atoms with van der Waals surface area (Å²) in [5.74, 6) is 0.872. The maximum Gasteiger partial charge on any atom is 0.227 e. The van der Waals surface area contributed by atoms with Crippen molar-refractivity contribution in [3.05, 3.63) is 72.6 Å². The molecule has 0 aliphatic heterocycles. The van der Waals surface area contributed by atoms with Crippen LogP contribution in [0.15, 0.2) is 67.0 Å². The molecule has 3 heteroatoms. The van der Waals surface area contributed by atoms with Crippen LogP contribution >= 0.6 is 0 Å². The van der Waals surface area contributed by atoms with E-state index in [1.165, 1.54) is 5.39 Å². The van der Waals surface area contributed by atoms with Gasteiger partial charge in [-0.3, -0.25) is 4.79 Å². The average Bonchev–Trinajstić information content (AvgIpc) is 2.55. The van der Waals surface area contributed by atoms with E-state index in [0.29, 0.717) is 12.1 Å². The van der Waals surface area contributed by atoms with Crippen molar-refractivity contribution >= 4 is 16.6 Å². The van der Waals surface area contributed by atoms with E-state index in [9.17, 15) is 4.79 Å². The highest BCUT2D eigenvalue weighted by Gasteiger charge is 2.13. The van der Waals surface area contributed by atoms with Gasteiger partial charge in [-0.25, -0.2) is 0 Å². The molecule has 1 heterocycles. The molecule has 1 aromatic heterocycles. The fourth-order valence-electron chi connectivity index (χ4n) is 2.52. The van der Waals surface area contributed by atoms with Crippen molar-refractivity contribution in [1.29, 1.82) is 0 Å². The lowest BCUT2D eigenvalue weighted by Gasteiger charge is -2.09. The number of hydrogen-bond donors (Lipinski definition) is 0. The second-order valence-electron chi connectivity index (χ2n) is 5.86. The lowest BCUT2D eigenvalue weighted by atomic mass is 10.1. The third kappa shape index (κ3) is 3.75. The number of rotatable bonds is 5. The largest absolute Gasteiger partial charge is 0.491 e. The van der Waals surface area contributed by atoms with Crippen molar-refractivity contribution in [3.8, 4) is 5.75 Å². The van der Waals surface area contributed by atoms with E-state index in [-0.39, 0.29) is 11.9 Å². The summed E-state index contributed by atoms with van der Waals surface area (Å²) in [5.41, 5.74) is 0.696. The summed E-state index contributed by atoms with van der Waals surface area (Å²) < 4.78 is 7.52. The number of ketones is 1. The Bertz CT molecular complexity index is 822. The first kappa shape index (κ1) is 15.2. The summed E-state index contributed by atoms with van der Waals surface area (Å²) >= 11 is 0. The number of carbonyl (C=O) groups is 1. The van der Waals surface area contributed by atoms with Crippen LogP contribution in [0.3, 0.4) is 0 Å². The van der Waals surface area contributed by atoms with Gasteiger partial charge in [-0.2, -0.15) is 4.57 Å². The van der Waals surface area contributed by atoms with E-state index in [4.69, 9.17) is 4.74 Å². The van der Waals surface area contributed by atoms with E-state index in [1.807, 2.05) is 79.3 Å². The number of pyridine rings is 1. The molecule has 0 fully saturated rings. The lowest BCUT2D eigenvalue weighted by Crippen LogP contribution is -2.37. The highest BCUT2D eigenvalue weighted by atomic mass is 16.5. The van der Waals surface area contributed by atoms with Gasteiger partial charge in [-0.05, 0) is 49.6 Å². The van der Waals surface area contributed by atoms with Gasteiger partial charge in [0.05, 0.1) is 6.10 Å². The molecule has 23 heavy (non-hydrogen) atoms. The Hall–Kier alpha value is -2.68. The summed E-state index contributed by atoms with van der Waals surface area (Å²) in [4.78, 5) is 12.4. The Kier molecular flexibility index (Phi) is 4.38. The van der Waals surface area contributed by atoms with Gasteiger partial charge in [0.1, 0.15) is 5.75 Å². The number of aromatic nitrogens is 1. The highest BCUT2D eigenvalue weighted by molar-refractivity contribution is 5.95. The first-order valence-corrected chi connectivity index (χ1v) is 7.79. The van der Waals surface area contributed by atoms with Gasteiger partial charge < -0.3 is 4.74 Å². The monoisotopic (exact) mass is 306 g/mol. The van der Waals surface area contributed by atoms with E-state index in [1.54, 1.807) is 0 Å². The van der Waals surface area contributed by atoms with Gasteiger partial charge in [-0.15, -0.1) is 0 Å². The van der Waals surface area contributed by atoms with Gasteiger partial charge >= 0.3 is 0 Å². The van der Waals surface area contributed by atoms with Crippen LogP contribution < -0.4 is 9.30 Å². The molecule has 3 rings (SSSR count). The first-order chi connectivity index (χ1) is 11.1. The molecule has 116 valence electrons. The minimum Gasteiger partial charge on any atom is -0.491 e. The molecule has 0 bridgehead atoms. The second-order valence-corrected chi connectivity index (χ2v) is 5.86. The van der Waals surface area contributed by atoms with Crippen molar-refractivity contribution in [2.24, 2.45) is 0 Å². The van der Waals surface area contributed by atoms with Crippen LogP contribution in [0, 0.1) is 0 Å². The molecule has 0 saturated carbocycles. The predicted octanol–water partition coefficient (Wildman–Crippen LogP) is 3.80. The molecule has 0 N–H and O–H groups in total. The predicted molar refractivity (Wildman–Crippen MR) is 90.7 cm³/mol. The zero-order chi connectivity index (χ0) is 16.2. The molecule has 0 spiro atoms. The molecular weight excluding hydrogens is 286 g/mol. The number of Topliss-reactive ketones (excluding diaryl/α,β-unsaturated/α-hetero) is 1. The van der Waals surface area contributed by atoms with Crippen molar-refractivity contribution < 1.29 is 14.1 Å². The molecule has 0 amide bonds. The summed E-state index contributed by atoms with van der Waals surface area (Å²) in [6.45, 7) is 4.29. The first-order valence-electron chi connectivity index (χ1n) is 7.79. The van der Waals surface area contributed by atoms with Crippen molar-refractivity contribution in [2.75, 3.05) is 0 Å². The van der Waals surface area contributed by atoms with Gasteiger partial charge in [-0.1, -0.05) is 18.2 Å². The normalized spacial score (nSPS) is 10.9. The van der Waals surface area contributed by atoms with Crippen LogP contribution in [-0.2, 0) is 6.54 Å². The molecular formula is C20H20NO2+. The summed E-state index contributed by atoms with van der Waals surface area (Å²) in [6.07, 6.45) is 4.07. The van der Waals surface area contributed by atoms with E-state index in [2.05, 4.69) is 6.07 Å². The maximum absolute atomic E-state index is 12.4. The van der Waals surface area contributed by atoms with E-state index >= 15 is 0 Å². The maximum atomic E-state index is 12.4. The van der Waals surface area contributed by atoms with Crippen molar-refractivity contribution in [3.63, 3.8) is 0 Å². The molecule has 0 aliphatic carbocycles. The minimum absolute atomic E-state index is 0.0846. The van der Waals surface area contributed by atoms with E-state index < -0.39 is 0 Å². The van der Waals surface area contributed by atoms with Gasteiger partial charge in [0.2, 0.25) is 12.3 Å². The number of benzene rings is 2. The second kappa shape index (κ2) is 6.61. The van der Waals surface area contributed by atoms with E-state index in [0.717, 1.165) is 11.1 Å². The number of nitrogens with zero attached hydrogens (tertiary/aromatic N) is 1. The molecule has 3 nitrogen and oxygen atoms in total. The van der Waals surface area contributed by atoms with Crippen LogP contribution in [0.4, 0.5) is 0 Å². The summed E-state index contributed by atoms with van der Waals surface area (Å²) in [7, 11) is 0. The number of hydrogen-bond acceptors (Lipinski definition) is 2. The molecule has 2 aromatic carbocycles. The fourth-order valence-corrected chi connectivity index (χ4v) is 2.52. The van der Waals surface area contributed by atoms with Crippen molar-refractivity contribution in [2.45, 2.75) is 26.5 Å². The zero-order valence-electron chi connectivity index (χ0n) is 13.4. The van der Waals surface area contributed by atoms with Crippen LogP contribution in [0.1, 0.15) is 24.2 Å². The van der Waals surface area contributed by atoms with Gasteiger partial charge in [0, 0.05) is 17.0 Å². The standard InChI is InChI=1S/C20H20NO2/c1-15(2)23-19-9-7-17(8-10-19)20(22)14-21-12-11-16-5-3-4-6-18(16)13-21/h3-13,15H,14H2,1-2H3/q+1. The Morgan fingerprint density at radius 2 is 1.70 bits per heavy atom. The topological polar surface area (TPSA) is 30.2 Å². The van der Waals surface area contributed by atoms with Crippen LogP contribution in [-0.4, -0.2) is 11.9 Å². The summed E-state index contributed by atoms with van der Waals surface area (Å²) in [5, 5.41) is 2.30. The van der Waals surface area contributed by atoms with Gasteiger partial charge in [0.15, 0.2) is 12.4 Å². The Morgan fingerprint density at radius 1 is 1.00 bits per heavy atom. The Balaban J connectivity index is 1.74. The molecule has 0 saturated heterocycles. The quantitative estimate of drug-likeness (QED) is 0.530.